The molecule has 2 aliphatic rings. The molecule has 116 valence electrons. The first-order valence-corrected chi connectivity index (χ1v) is 9.24. The number of anilines is 2. The lowest BCUT2D eigenvalue weighted by Crippen LogP contribution is -2.36. The highest BCUT2D eigenvalue weighted by Gasteiger charge is 2.31. The van der Waals surface area contributed by atoms with Crippen LogP contribution >= 0.6 is 22.9 Å². The third kappa shape index (κ3) is 2.20. The summed E-state index contributed by atoms with van der Waals surface area (Å²) in [6.45, 7) is 4.33. The smallest absolute Gasteiger partial charge is 0.178 e. The summed E-state index contributed by atoms with van der Waals surface area (Å²) in [6.07, 6.45) is 3.93. The predicted molar refractivity (Wildman–Crippen MR) is 95.0 cm³/mol. The van der Waals surface area contributed by atoms with Crippen LogP contribution in [0.2, 0.25) is 0 Å². The van der Waals surface area contributed by atoms with E-state index in [1.54, 1.807) is 11.3 Å². The molecule has 22 heavy (non-hydrogen) atoms. The number of benzene rings is 1. The van der Waals surface area contributed by atoms with Crippen LogP contribution in [0.25, 0.3) is 10.6 Å². The Bertz CT molecular complexity index is 693. The van der Waals surface area contributed by atoms with E-state index < -0.39 is 0 Å². The highest BCUT2D eigenvalue weighted by molar-refractivity contribution is 7.13. The molecule has 1 aromatic heterocycles. The van der Waals surface area contributed by atoms with Gasteiger partial charge in [0.25, 0.3) is 0 Å². The Kier molecular flexibility index (Phi) is 3.54. The van der Waals surface area contributed by atoms with E-state index in [-0.39, 0.29) is 5.62 Å². The molecule has 0 radical (unpaired) electrons. The predicted octanol–water partition coefficient (Wildman–Crippen LogP) is 5.24. The second-order valence-corrected chi connectivity index (χ2v) is 7.66. The molecule has 1 aromatic carbocycles. The van der Waals surface area contributed by atoms with Crippen LogP contribution in [0.15, 0.2) is 23.6 Å². The van der Waals surface area contributed by atoms with E-state index in [0.717, 1.165) is 10.7 Å². The van der Waals surface area contributed by atoms with Gasteiger partial charge in [-0.05, 0) is 38.8 Å². The van der Waals surface area contributed by atoms with Crippen molar-refractivity contribution in [1.82, 2.24) is 4.98 Å². The van der Waals surface area contributed by atoms with Gasteiger partial charge in [-0.25, -0.2) is 4.98 Å². The summed E-state index contributed by atoms with van der Waals surface area (Å²) < 4.78 is 0. The molecule has 0 saturated heterocycles. The lowest BCUT2D eigenvalue weighted by atomic mass is 9.83. The van der Waals surface area contributed by atoms with E-state index in [4.69, 9.17) is 16.6 Å². The van der Waals surface area contributed by atoms with Gasteiger partial charge < -0.3 is 10.2 Å². The molecule has 0 spiro atoms. The zero-order chi connectivity index (χ0) is 15.3. The SMILES string of the molecule is CC(C)N1c2cccc(-c3nc(C4CCC4)cs3)c2NC1Cl. The van der Waals surface area contributed by atoms with Crippen LogP contribution in [-0.4, -0.2) is 16.7 Å². The standard InChI is InChI=1S/C17H20ClN3S/c1-10(2)21-14-8-4-7-12(15(14)20-17(21)18)16-19-13(9-22-16)11-5-3-6-11/h4,7-11,17,20H,3,5-6H2,1-2H3. The Labute approximate surface area is 140 Å². The molecule has 5 heteroatoms. The molecular formula is C17H20ClN3S. The molecule has 2 aromatic rings. The fourth-order valence-corrected chi connectivity index (χ4v) is 4.61. The maximum Gasteiger partial charge on any atom is 0.178 e. The molecule has 1 aliphatic heterocycles. The van der Waals surface area contributed by atoms with Crippen LogP contribution in [0.3, 0.4) is 0 Å². The summed E-state index contributed by atoms with van der Waals surface area (Å²) in [5.41, 5.74) is 4.53. The van der Waals surface area contributed by atoms with E-state index in [9.17, 15) is 0 Å². The van der Waals surface area contributed by atoms with Crippen LogP contribution in [0.5, 0.6) is 0 Å². The summed E-state index contributed by atoms with van der Waals surface area (Å²) in [7, 11) is 0. The van der Waals surface area contributed by atoms with E-state index in [1.165, 1.54) is 36.2 Å². The lowest BCUT2D eigenvalue weighted by Gasteiger charge is -2.26. The van der Waals surface area contributed by atoms with Gasteiger partial charge in [0.05, 0.1) is 17.1 Å². The van der Waals surface area contributed by atoms with Gasteiger partial charge in [0, 0.05) is 22.9 Å². The molecule has 1 atom stereocenters. The van der Waals surface area contributed by atoms with E-state index in [2.05, 4.69) is 47.6 Å². The molecule has 2 heterocycles. The van der Waals surface area contributed by atoms with Gasteiger partial charge in [-0.1, -0.05) is 24.1 Å². The molecule has 1 aliphatic carbocycles. The number of halogens is 1. The number of aromatic nitrogens is 1. The number of nitrogens with zero attached hydrogens (tertiary/aromatic N) is 2. The van der Waals surface area contributed by atoms with Crippen LogP contribution in [0.4, 0.5) is 11.4 Å². The Morgan fingerprint density at radius 3 is 2.86 bits per heavy atom. The fraction of sp³-hybridized carbons (Fsp3) is 0.471. The van der Waals surface area contributed by atoms with Crippen molar-refractivity contribution in [1.29, 1.82) is 0 Å². The Hall–Kier alpha value is -1.26. The first-order chi connectivity index (χ1) is 10.6. The van der Waals surface area contributed by atoms with Crippen molar-refractivity contribution in [2.75, 3.05) is 10.2 Å². The monoisotopic (exact) mass is 333 g/mol. The molecular weight excluding hydrogens is 314 g/mol. The highest BCUT2D eigenvalue weighted by atomic mass is 35.5. The Morgan fingerprint density at radius 2 is 2.18 bits per heavy atom. The average Bonchev–Trinajstić information content (AvgIpc) is 2.99. The van der Waals surface area contributed by atoms with E-state index >= 15 is 0 Å². The Balaban J connectivity index is 1.73. The molecule has 0 amide bonds. The largest absolute Gasteiger partial charge is 0.350 e. The van der Waals surface area contributed by atoms with Crippen molar-refractivity contribution >= 4 is 34.3 Å². The second kappa shape index (κ2) is 5.43. The average molecular weight is 334 g/mol. The zero-order valence-corrected chi connectivity index (χ0v) is 14.4. The minimum Gasteiger partial charge on any atom is -0.350 e. The summed E-state index contributed by atoms with van der Waals surface area (Å²) in [4.78, 5) is 7.10. The van der Waals surface area contributed by atoms with Crippen molar-refractivity contribution in [2.45, 2.75) is 50.7 Å². The van der Waals surface area contributed by atoms with Gasteiger partial charge in [0.15, 0.2) is 5.62 Å². The van der Waals surface area contributed by atoms with Crippen molar-refractivity contribution in [3.05, 3.63) is 29.3 Å². The molecule has 1 saturated carbocycles. The lowest BCUT2D eigenvalue weighted by molar-refractivity contribution is 0.413. The number of hydrogen-bond acceptors (Lipinski definition) is 4. The first-order valence-electron chi connectivity index (χ1n) is 7.93. The minimum absolute atomic E-state index is 0.192. The van der Waals surface area contributed by atoms with E-state index in [0.29, 0.717) is 12.0 Å². The van der Waals surface area contributed by atoms with Crippen LogP contribution in [0.1, 0.15) is 44.7 Å². The maximum absolute atomic E-state index is 6.48. The van der Waals surface area contributed by atoms with Gasteiger partial charge in [0.2, 0.25) is 0 Å². The van der Waals surface area contributed by atoms with Crippen molar-refractivity contribution in [3.63, 3.8) is 0 Å². The van der Waals surface area contributed by atoms with Crippen molar-refractivity contribution in [2.24, 2.45) is 0 Å². The third-order valence-electron chi connectivity index (χ3n) is 4.66. The van der Waals surface area contributed by atoms with Gasteiger partial charge in [-0.15, -0.1) is 11.3 Å². The normalized spacial score (nSPS) is 20.9. The van der Waals surface area contributed by atoms with Gasteiger partial charge in [-0.3, -0.25) is 0 Å². The van der Waals surface area contributed by atoms with Crippen molar-refractivity contribution in [3.8, 4) is 10.6 Å². The minimum atomic E-state index is -0.192. The molecule has 0 bridgehead atoms. The number of alkyl halides is 1. The number of rotatable bonds is 3. The van der Waals surface area contributed by atoms with Gasteiger partial charge >= 0.3 is 0 Å². The molecule has 4 rings (SSSR count). The molecule has 1 fully saturated rings. The molecule has 1 unspecified atom stereocenters. The second-order valence-electron chi connectivity index (χ2n) is 6.39. The van der Waals surface area contributed by atoms with Crippen molar-refractivity contribution < 1.29 is 0 Å². The number of hydrogen-bond donors (Lipinski definition) is 1. The summed E-state index contributed by atoms with van der Waals surface area (Å²) in [5.74, 6) is 0.683. The number of para-hydroxylation sites is 1. The fourth-order valence-electron chi connectivity index (χ4n) is 3.24. The maximum atomic E-state index is 6.48. The molecule has 1 N–H and O–H groups in total. The van der Waals surface area contributed by atoms with Crippen LogP contribution < -0.4 is 10.2 Å². The summed E-state index contributed by atoms with van der Waals surface area (Å²) in [6, 6.07) is 6.73. The third-order valence-corrected chi connectivity index (χ3v) is 5.87. The summed E-state index contributed by atoms with van der Waals surface area (Å²) in [5, 5.41) is 6.75. The Morgan fingerprint density at radius 1 is 1.36 bits per heavy atom. The quantitative estimate of drug-likeness (QED) is 0.615. The number of fused-ring (bicyclic) bond motifs is 1. The van der Waals surface area contributed by atoms with Gasteiger partial charge in [0.1, 0.15) is 5.01 Å². The topological polar surface area (TPSA) is 28.2 Å². The van der Waals surface area contributed by atoms with Crippen LogP contribution in [-0.2, 0) is 0 Å². The number of nitrogens with one attached hydrogen (secondary N) is 1. The van der Waals surface area contributed by atoms with E-state index in [1.807, 2.05) is 0 Å². The molecule has 3 nitrogen and oxygen atoms in total. The first kappa shape index (κ1) is 14.3. The van der Waals surface area contributed by atoms with Crippen LogP contribution in [0, 0.1) is 0 Å². The number of thiazole rings is 1. The zero-order valence-electron chi connectivity index (χ0n) is 12.8. The highest BCUT2D eigenvalue weighted by Crippen LogP contribution is 2.45. The summed E-state index contributed by atoms with van der Waals surface area (Å²) >= 11 is 8.23. The van der Waals surface area contributed by atoms with Gasteiger partial charge in [-0.2, -0.15) is 0 Å².